The molecule has 5 aliphatic rings. The molecule has 0 aliphatic heterocycles. The SMILES string of the molecule is CC(C)c1ccc(N(c2ccc(C3CCCCC3)cc2)c2c3c(c(N(c4ccc(C(C)C)cc4)c4ccc(C5CCCCC5)cc4)c4cc(C(C)(C)C)ccc24)=CCC(C(C)(C)C)C=3)cc1.Cc1cc(C)cc(N(C2=CC(C(C)C)C3=CCc4c(N(c5cc(C)cc(C)c5)c5cc(C)cc(C)c5)cc(C(C)C)c5ccc2c3c45)c2cc(C)cc(C)c2)c1. The van der Waals surface area contributed by atoms with Crippen LogP contribution in [0, 0.1) is 78.6 Å². The van der Waals surface area contributed by atoms with Crippen molar-refractivity contribution in [2.24, 2.45) is 23.2 Å². The first-order chi connectivity index (χ1) is 58.3. The molecule has 2 atom stereocenters. The van der Waals surface area contributed by atoms with E-state index in [2.05, 4.69) is 402 Å². The van der Waals surface area contributed by atoms with Gasteiger partial charge in [-0.15, -0.1) is 0 Å². The number of anilines is 11. The van der Waals surface area contributed by atoms with E-state index in [1.165, 1.54) is 265 Å². The fourth-order valence-corrected chi connectivity index (χ4v) is 21.3. The quantitative estimate of drug-likeness (QED) is 0.0794. The zero-order valence-corrected chi connectivity index (χ0v) is 77.8. The maximum Gasteiger partial charge on any atom is 0.0616 e. The Hall–Kier alpha value is -10.4. The van der Waals surface area contributed by atoms with E-state index >= 15 is 0 Å². The van der Waals surface area contributed by atoms with Gasteiger partial charge in [-0.25, -0.2) is 0 Å². The average Bonchev–Trinajstić information content (AvgIpc) is 0.716. The van der Waals surface area contributed by atoms with Crippen LogP contribution in [0.15, 0.2) is 218 Å². The summed E-state index contributed by atoms with van der Waals surface area (Å²) in [4.78, 5) is 10.4. The van der Waals surface area contributed by atoms with Crippen molar-refractivity contribution in [3.05, 3.63) is 323 Å². The van der Waals surface area contributed by atoms with Gasteiger partial charge in [0, 0.05) is 78.2 Å². The molecule has 0 radical (unpaired) electrons. The smallest absolute Gasteiger partial charge is 0.0616 e. The molecule has 2 unspecified atom stereocenters. The average molecular weight is 1610 g/mol. The molecule has 2 fully saturated rings. The fraction of sp³-hybridized carbons (Fsp3) is 0.373. The summed E-state index contributed by atoms with van der Waals surface area (Å²) in [5, 5.41) is 8.05. The van der Waals surface area contributed by atoms with E-state index < -0.39 is 0 Å². The molecule has 4 nitrogen and oxygen atoms in total. The van der Waals surface area contributed by atoms with E-state index in [1.54, 1.807) is 0 Å². The Morgan fingerprint density at radius 2 is 0.762 bits per heavy atom. The zero-order chi connectivity index (χ0) is 86.1. The predicted molar refractivity (Wildman–Crippen MR) is 531 cm³/mol. The Balaban J connectivity index is 0.000000183. The van der Waals surface area contributed by atoms with Gasteiger partial charge in [-0.05, 0) is 361 Å². The molecule has 12 aromatic carbocycles. The van der Waals surface area contributed by atoms with Gasteiger partial charge in [-0.2, -0.15) is 0 Å². The molecule has 0 spiro atoms. The highest BCUT2D eigenvalue weighted by atomic mass is 15.2. The lowest BCUT2D eigenvalue weighted by Crippen LogP contribution is -2.39. The molecule has 0 saturated heterocycles. The van der Waals surface area contributed by atoms with Crippen molar-refractivity contribution < 1.29 is 0 Å². The summed E-state index contributed by atoms with van der Waals surface area (Å²) in [6.07, 6.45) is 25.6. The molecule has 0 amide bonds. The monoisotopic (exact) mass is 1610 g/mol. The number of benzene rings is 12. The van der Waals surface area contributed by atoms with Crippen molar-refractivity contribution in [3.8, 4) is 0 Å². The third-order valence-corrected chi connectivity index (χ3v) is 27.7. The van der Waals surface area contributed by atoms with Gasteiger partial charge in [0.05, 0.1) is 22.8 Å². The molecule has 12 aromatic rings. The van der Waals surface area contributed by atoms with Gasteiger partial charge in [-0.1, -0.05) is 257 Å². The van der Waals surface area contributed by atoms with Gasteiger partial charge in [0.1, 0.15) is 0 Å². The number of hydrogen-bond acceptors (Lipinski definition) is 4. The first-order valence-corrected chi connectivity index (χ1v) is 46.6. The van der Waals surface area contributed by atoms with Gasteiger partial charge in [0.15, 0.2) is 0 Å². The molecule has 628 valence electrons. The second-order valence-electron chi connectivity index (χ2n) is 40.9. The van der Waals surface area contributed by atoms with Crippen LogP contribution in [-0.2, 0) is 11.8 Å². The summed E-state index contributed by atoms with van der Waals surface area (Å²) in [6.45, 7) is 50.9. The molecule has 17 rings (SSSR count). The normalized spacial score (nSPS) is 16.2. The van der Waals surface area contributed by atoms with Crippen LogP contribution in [0.5, 0.6) is 0 Å². The van der Waals surface area contributed by atoms with E-state index in [1.807, 2.05) is 0 Å². The summed E-state index contributed by atoms with van der Waals surface area (Å²) < 4.78 is 0. The minimum atomic E-state index is -0.0403. The molecule has 0 N–H and O–H groups in total. The van der Waals surface area contributed by atoms with Crippen molar-refractivity contribution in [2.75, 3.05) is 19.6 Å². The number of fused-ring (bicyclic) bond motifs is 2. The number of allylic oxidation sites excluding steroid dienone is 3. The lowest BCUT2D eigenvalue weighted by atomic mass is 9.71. The van der Waals surface area contributed by atoms with Crippen LogP contribution in [0.25, 0.3) is 45.0 Å². The first kappa shape index (κ1) is 85.2. The van der Waals surface area contributed by atoms with Crippen molar-refractivity contribution >= 4 is 108 Å². The molecule has 0 aromatic heterocycles. The molecule has 0 bridgehead atoms. The van der Waals surface area contributed by atoms with E-state index in [4.69, 9.17) is 0 Å². The van der Waals surface area contributed by atoms with Crippen LogP contribution in [-0.4, -0.2) is 0 Å². The highest BCUT2D eigenvalue weighted by molar-refractivity contribution is 6.12. The lowest BCUT2D eigenvalue weighted by molar-refractivity contribution is 0.314. The van der Waals surface area contributed by atoms with Gasteiger partial charge < -0.3 is 19.6 Å². The summed E-state index contributed by atoms with van der Waals surface area (Å²) in [7, 11) is 0. The predicted octanol–water partition coefficient (Wildman–Crippen LogP) is 33.4. The molecular formula is C118H136N4. The molecular weight excluding hydrogens is 1470 g/mol. The van der Waals surface area contributed by atoms with Gasteiger partial charge in [0.2, 0.25) is 0 Å². The number of rotatable bonds is 18. The Morgan fingerprint density at radius 1 is 0.352 bits per heavy atom. The summed E-state index contributed by atoms with van der Waals surface area (Å²) >= 11 is 0. The Kier molecular flexibility index (Phi) is 24.2. The summed E-state index contributed by atoms with van der Waals surface area (Å²) in [5.41, 5.74) is 39.2. The van der Waals surface area contributed by atoms with Crippen LogP contribution in [0.4, 0.5) is 62.6 Å². The van der Waals surface area contributed by atoms with Crippen LogP contribution in [0.3, 0.4) is 0 Å². The Morgan fingerprint density at radius 3 is 1.16 bits per heavy atom. The van der Waals surface area contributed by atoms with Gasteiger partial charge in [0.25, 0.3) is 0 Å². The lowest BCUT2D eigenvalue weighted by Gasteiger charge is -2.39. The Labute approximate surface area is 733 Å². The van der Waals surface area contributed by atoms with Crippen LogP contribution in [0.2, 0.25) is 0 Å². The summed E-state index contributed by atoms with van der Waals surface area (Å²) in [6, 6.07) is 81.4. The highest BCUT2D eigenvalue weighted by Gasteiger charge is 2.38. The molecule has 4 heteroatoms. The largest absolute Gasteiger partial charge is 0.310 e. The summed E-state index contributed by atoms with van der Waals surface area (Å²) in [5.74, 6) is 3.64. The van der Waals surface area contributed by atoms with E-state index in [0.717, 1.165) is 12.8 Å². The topological polar surface area (TPSA) is 13.0 Å². The number of hydrogen-bond donors (Lipinski definition) is 0. The van der Waals surface area contributed by atoms with Crippen molar-refractivity contribution in [1.82, 2.24) is 0 Å². The molecule has 0 heterocycles. The van der Waals surface area contributed by atoms with Crippen LogP contribution >= 0.6 is 0 Å². The van der Waals surface area contributed by atoms with Gasteiger partial charge in [-0.3, -0.25) is 0 Å². The highest BCUT2D eigenvalue weighted by Crippen LogP contribution is 2.56. The minimum absolute atomic E-state index is 0.0403. The van der Waals surface area contributed by atoms with Crippen molar-refractivity contribution in [1.29, 1.82) is 0 Å². The molecule has 2 saturated carbocycles. The molecule has 122 heavy (non-hydrogen) atoms. The number of nitrogens with zero attached hydrogens (tertiary/aromatic N) is 4. The van der Waals surface area contributed by atoms with Crippen LogP contribution < -0.4 is 30.0 Å². The van der Waals surface area contributed by atoms with Crippen LogP contribution in [0.1, 0.15) is 292 Å². The third kappa shape index (κ3) is 17.3. The maximum absolute atomic E-state index is 2.67. The Bertz CT molecular complexity index is 5900. The van der Waals surface area contributed by atoms with E-state index in [9.17, 15) is 0 Å². The third-order valence-electron chi connectivity index (χ3n) is 27.7. The van der Waals surface area contributed by atoms with Gasteiger partial charge >= 0.3 is 0 Å². The maximum atomic E-state index is 2.67. The van der Waals surface area contributed by atoms with Crippen molar-refractivity contribution in [2.45, 2.75) is 264 Å². The van der Waals surface area contributed by atoms with E-state index in [-0.39, 0.29) is 16.7 Å². The number of aryl methyl sites for hydroxylation is 8. The fourth-order valence-electron chi connectivity index (χ4n) is 21.3. The standard InChI is InChI=1S/C64H78N2.C54H58N2/c1-43(2)45-21-31-53(32-22-45)65(55-35-25-49(26-36-55)47-17-13-11-14-18-47)61-57-39-29-52(64(8,9)10)42-60(57)62(58-40-30-51(41-59(58)61)63(5,6)7)66(54-33-23-46(24-34-54)44(3)4)56-37-27-50(28-38-56)48-19-15-12-16-20-48;1-31(2)49-29-51(55(41-21-33(5)17-34(6)22-41)42-23-35(7)18-36(8)24-42)47-16-14-46-50(32(3)4)30-52(48-15-13-45(49)53(47)54(46)48)56(43-25-37(9)19-38(10)26-43)44-27-39(11)20-40(12)28-44/h21-29,31-44,47-48,51H,11-20,30H2,1-10H3;13-15,17-32,50H,16H2,1-12H3. The van der Waals surface area contributed by atoms with Crippen molar-refractivity contribution in [3.63, 3.8) is 0 Å². The minimum Gasteiger partial charge on any atom is -0.310 e. The molecule has 5 aliphatic carbocycles. The zero-order valence-electron chi connectivity index (χ0n) is 77.8. The second-order valence-corrected chi connectivity index (χ2v) is 40.9. The van der Waals surface area contributed by atoms with E-state index in [0.29, 0.717) is 41.4 Å². The second kappa shape index (κ2) is 34.7. The first-order valence-electron chi connectivity index (χ1n) is 46.6.